The van der Waals surface area contributed by atoms with Crippen molar-refractivity contribution in [1.82, 2.24) is 24.7 Å². The van der Waals surface area contributed by atoms with Crippen LogP contribution in [0.3, 0.4) is 0 Å². The summed E-state index contributed by atoms with van der Waals surface area (Å²) in [5.74, 6) is 1.08. The first kappa shape index (κ1) is 16.5. The fourth-order valence-electron chi connectivity index (χ4n) is 3.15. The minimum Gasteiger partial charge on any atom is -0.334 e. The average molecular weight is 293 g/mol. The standard InChI is InChI=1S/C16H31N5/c1-13-18-12-14(19(13)6)15(11-17-5)20-7-9-21(10-8-20)16(2,3)4/h12,15,17H,7-11H2,1-6H3. The van der Waals surface area contributed by atoms with Crippen LogP contribution in [0.5, 0.6) is 0 Å². The van der Waals surface area contributed by atoms with Crippen molar-refractivity contribution in [2.24, 2.45) is 7.05 Å². The highest BCUT2D eigenvalue weighted by atomic mass is 15.3. The third-order valence-corrected chi connectivity index (χ3v) is 4.70. The molecular formula is C16H31N5. The van der Waals surface area contributed by atoms with Crippen molar-refractivity contribution in [3.8, 4) is 0 Å². The first-order chi connectivity index (χ1) is 9.84. The Morgan fingerprint density at radius 2 is 1.86 bits per heavy atom. The predicted molar refractivity (Wildman–Crippen MR) is 87.5 cm³/mol. The number of likely N-dealkylation sites (N-methyl/N-ethyl adjacent to an activating group) is 1. The monoisotopic (exact) mass is 293 g/mol. The molecule has 1 unspecified atom stereocenters. The van der Waals surface area contributed by atoms with Gasteiger partial charge in [-0.2, -0.15) is 0 Å². The van der Waals surface area contributed by atoms with Gasteiger partial charge in [0.15, 0.2) is 0 Å². The maximum Gasteiger partial charge on any atom is 0.105 e. The molecule has 1 aliphatic heterocycles. The Bertz CT molecular complexity index is 452. The van der Waals surface area contributed by atoms with Crippen LogP contribution in [-0.4, -0.2) is 64.7 Å². The quantitative estimate of drug-likeness (QED) is 0.910. The van der Waals surface area contributed by atoms with Crippen LogP contribution >= 0.6 is 0 Å². The van der Waals surface area contributed by atoms with Gasteiger partial charge in [-0.25, -0.2) is 4.98 Å². The lowest BCUT2D eigenvalue weighted by molar-refractivity contribution is 0.0404. The highest BCUT2D eigenvalue weighted by molar-refractivity contribution is 5.10. The van der Waals surface area contributed by atoms with E-state index < -0.39 is 0 Å². The van der Waals surface area contributed by atoms with Crippen LogP contribution in [0.25, 0.3) is 0 Å². The molecule has 0 aliphatic carbocycles. The molecule has 0 spiro atoms. The van der Waals surface area contributed by atoms with Gasteiger partial charge in [-0.15, -0.1) is 0 Å². The largest absolute Gasteiger partial charge is 0.334 e. The van der Waals surface area contributed by atoms with Crippen molar-refractivity contribution in [2.45, 2.75) is 39.3 Å². The van der Waals surface area contributed by atoms with Crippen LogP contribution in [0.15, 0.2) is 6.20 Å². The lowest BCUT2D eigenvalue weighted by Crippen LogP contribution is -2.54. The topological polar surface area (TPSA) is 36.3 Å². The Labute approximate surface area is 129 Å². The van der Waals surface area contributed by atoms with Crippen molar-refractivity contribution in [3.05, 3.63) is 17.7 Å². The van der Waals surface area contributed by atoms with Gasteiger partial charge in [0.1, 0.15) is 5.82 Å². The summed E-state index contributed by atoms with van der Waals surface area (Å²) in [6.45, 7) is 14.5. The lowest BCUT2D eigenvalue weighted by atomic mass is 10.0. The number of nitrogens with one attached hydrogen (secondary N) is 1. The minimum atomic E-state index is 0.272. The SMILES string of the molecule is CNCC(c1cnc(C)n1C)N1CCN(C(C)(C)C)CC1. The van der Waals surface area contributed by atoms with E-state index in [2.05, 4.69) is 59.4 Å². The summed E-state index contributed by atoms with van der Waals surface area (Å²) in [6.07, 6.45) is 2.04. The number of hydrogen-bond donors (Lipinski definition) is 1. The normalized spacial score (nSPS) is 19.9. The maximum atomic E-state index is 4.47. The van der Waals surface area contributed by atoms with Crippen molar-refractivity contribution in [2.75, 3.05) is 39.8 Å². The summed E-state index contributed by atoms with van der Waals surface area (Å²) >= 11 is 0. The van der Waals surface area contributed by atoms with Gasteiger partial charge in [-0.1, -0.05) is 0 Å². The zero-order valence-electron chi connectivity index (χ0n) is 14.5. The van der Waals surface area contributed by atoms with Crippen LogP contribution in [0.2, 0.25) is 0 Å². The molecule has 1 aromatic rings. The number of hydrogen-bond acceptors (Lipinski definition) is 4. The van der Waals surface area contributed by atoms with Gasteiger partial charge in [0, 0.05) is 45.3 Å². The molecule has 1 saturated heterocycles. The molecule has 1 aliphatic rings. The zero-order chi connectivity index (χ0) is 15.6. The fourth-order valence-corrected chi connectivity index (χ4v) is 3.15. The van der Waals surface area contributed by atoms with Gasteiger partial charge in [0.05, 0.1) is 17.9 Å². The van der Waals surface area contributed by atoms with Crippen LogP contribution in [-0.2, 0) is 7.05 Å². The van der Waals surface area contributed by atoms with E-state index >= 15 is 0 Å². The summed E-state index contributed by atoms with van der Waals surface area (Å²) in [4.78, 5) is 9.64. The molecule has 0 radical (unpaired) electrons. The van der Waals surface area contributed by atoms with E-state index in [1.54, 1.807) is 0 Å². The van der Waals surface area contributed by atoms with E-state index in [-0.39, 0.29) is 5.54 Å². The van der Waals surface area contributed by atoms with Crippen molar-refractivity contribution in [1.29, 1.82) is 0 Å². The summed E-state index contributed by atoms with van der Waals surface area (Å²) in [6, 6.07) is 0.406. The molecule has 1 aromatic heterocycles. The molecule has 1 N–H and O–H groups in total. The first-order valence-electron chi connectivity index (χ1n) is 7.96. The van der Waals surface area contributed by atoms with E-state index in [4.69, 9.17) is 0 Å². The van der Waals surface area contributed by atoms with Crippen LogP contribution in [0, 0.1) is 6.92 Å². The van der Waals surface area contributed by atoms with Gasteiger partial charge in [-0.05, 0) is 34.7 Å². The van der Waals surface area contributed by atoms with Gasteiger partial charge >= 0.3 is 0 Å². The molecule has 5 heteroatoms. The molecule has 0 amide bonds. The van der Waals surface area contributed by atoms with Gasteiger partial charge < -0.3 is 9.88 Å². The minimum absolute atomic E-state index is 0.272. The number of aryl methyl sites for hydroxylation is 1. The second kappa shape index (κ2) is 6.46. The van der Waals surface area contributed by atoms with E-state index in [9.17, 15) is 0 Å². The highest BCUT2D eigenvalue weighted by Gasteiger charge is 2.30. The third-order valence-electron chi connectivity index (χ3n) is 4.70. The van der Waals surface area contributed by atoms with E-state index in [1.807, 2.05) is 13.2 Å². The highest BCUT2D eigenvalue weighted by Crippen LogP contribution is 2.24. The third kappa shape index (κ3) is 3.65. The van der Waals surface area contributed by atoms with Crippen molar-refractivity contribution in [3.63, 3.8) is 0 Å². The molecule has 1 atom stereocenters. The van der Waals surface area contributed by atoms with Gasteiger partial charge in [-0.3, -0.25) is 9.80 Å². The van der Waals surface area contributed by atoms with Crippen molar-refractivity contribution >= 4 is 0 Å². The Hall–Kier alpha value is -0.910. The second-order valence-corrected chi connectivity index (χ2v) is 7.06. The molecule has 5 nitrogen and oxygen atoms in total. The van der Waals surface area contributed by atoms with E-state index in [0.717, 1.165) is 38.5 Å². The number of rotatable bonds is 4. The predicted octanol–water partition coefficient (Wildman–Crippen LogP) is 1.41. The molecule has 21 heavy (non-hydrogen) atoms. The zero-order valence-corrected chi connectivity index (χ0v) is 14.5. The summed E-state index contributed by atoms with van der Waals surface area (Å²) < 4.78 is 2.22. The molecule has 1 fully saturated rings. The van der Waals surface area contributed by atoms with E-state index in [0.29, 0.717) is 6.04 Å². The Morgan fingerprint density at radius 3 is 2.29 bits per heavy atom. The molecule has 120 valence electrons. The molecule has 0 aromatic carbocycles. The number of piperazine rings is 1. The fraction of sp³-hybridized carbons (Fsp3) is 0.812. The van der Waals surface area contributed by atoms with Gasteiger partial charge in [0.2, 0.25) is 0 Å². The number of aromatic nitrogens is 2. The van der Waals surface area contributed by atoms with Crippen LogP contribution in [0.1, 0.15) is 38.3 Å². The van der Waals surface area contributed by atoms with Crippen LogP contribution < -0.4 is 5.32 Å². The maximum absolute atomic E-state index is 4.47. The average Bonchev–Trinajstić information content (AvgIpc) is 2.76. The van der Waals surface area contributed by atoms with Crippen molar-refractivity contribution < 1.29 is 0 Å². The molecule has 0 saturated carbocycles. The summed E-state index contributed by atoms with van der Waals surface area (Å²) in [5.41, 5.74) is 1.58. The lowest BCUT2D eigenvalue weighted by Gasteiger charge is -2.44. The van der Waals surface area contributed by atoms with Crippen LogP contribution in [0.4, 0.5) is 0 Å². The smallest absolute Gasteiger partial charge is 0.105 e. The first-order valence-corrected chi connectivity index (χ1v) is 7.96. The van der Waals surface area contributed by atoms with E-state index in [1.165, 1.54) is 5.69 Å². The second-order valence-electron chi connectivity index (χ2n) is 7.06. The number of nitrogens with zero attached hydrogens (tertiary/aromatic N) is 4. The Morgan fingerprint density at radius 1 is 1.24 bits per heavy atom. The molecule has 2 rings (SSSR count). The van der Waals surface area contributed by atoms with Gasteiger partial charge in [0.25, 0.3) is 0 Å². The Kier molecular flexibility index (Phi) is 5.07. The molecular weight excluding hydrogens is 262 g/mol. The summed E-state index contributed by atoms with van der Waals surface area (Å²) in [7, 11) is 4.15. The number of imidazole rings is 1. The Balaban J connectivity index is 2.09. The molecule has 0 bridgehead atoms. The summed E-state index contributed by atoms with van der Waals surface area (Å²) in [5, 5.41) is 3.35. The molecule has 2 heterocycles.